The van der Waals surface area contributed by atoms with Gasteiger partial charge in [0, 0.05) is 19.2 Å². The third-order valence-corrected chi connectivity index (χ3v) is 4.46. The van der Waals surface area contributed by atoms with E-state index in [0.717, 1.165) is 16.7 Å². The third kappa shape index (κ3) is 4.41. The second kappa shape index (κ2) is 8.60. The topological polar surface area (TPSA) is 68.2 Å². The Balaban J connectivity index is 2.03. The fraction of sp³-hybridized carbons (Fsp3) is 0.286. The summed E-state index contributed by atoms with van der Waals surface area (Å²) in [6.07, 6.45) is 1.62. The number of phenolic OH excluding ortho intramolecular Hbond substituents is 1. The molecule has 0 aliphatic carbocycles. The number of phenols is 1. The molecule has 6 nitrogen and oxygen atoms in total. The minimum atomic E-state index is -0.0730. The highest BCUT2D eigenvalue weighted by Gasteiger charge is 2.18. The SMILES string of the molecule is COc1ccc(/C(=C/C(=O)N2CCOCC2)c2ccc(O)cc2)cc1OC. The van der Waals surface area contributed by atoms with Crippen molar-refractivity contribution in [2.24, 2.45) is 0 Å². The zero-order chi connectivity index (χ0) is 19.2. The second-order valence-electron chi connectivity index (χ2n) is 6.11. The van der Waals surface area contributed by atoms with E-state index in [1.807, 2.05) is 18.2 Å². The molecule has 0 bridgehead atoms. The molecule has 0 unspecified atom stereocenters. The number of hydrogen-bond acceptors (Lipinski definition) is 5. The maximum absolute atomic E-state index is 12.8. The summed E-state index contributed by atoms with van der Waals surface area (Å²) in [6.45, 7) is 2.24. The number of rotatable bonds is 5. The van der Waals surface area contributed by atoms with Crippen LogP contribution < -0.4 is 9.47 Å². The van der Waals surface area contributed by atoms with Crippen molar-refractivity contribution < 1.29 is 24.1 Å². The molecule has 1 aliphatic rings. The molecule has 27 heavy (non-hydrogen) atoms. The van der Waals surface area contributed by atoms with Crippen LogP contribution in [0, 0.1) is 0 Å². The van der Waals surface area contributed by atoms with Gasteiger partial charge in [0.2, 0.25) is 5.91 Å². The van der Waals surface area contributed by atoms with Gasteiger partial charge in [0.25, 0.3) is 0 Å². The van der Waals surface area contributed by atoms with Gasteiger partial charge in [-0.3, -0.25) is 4.79 Å². The lowest BCUT2D eigenvalue weighted by molar-refractivity contribution is -0.129. The molecule has 1 amide bonds. The van der Waals surface area contributed by atoms with Crippen molar-refractivity contribution in [3.05, 3.63) is 59.7 Å². The fourth-order valence-corrected chi connectivity index (χ4v) is 2.98. The largest absolute Gasteiger partial charge is 0.508 e. The molecule has 142 valence electrons. The van der Waals surface area contributed by atoms with Gasteiger partial charge in [0.15, 0.2) is 11.5 Å². The van der Waals surface area contributed by atoms with Crippen molar-refractivity contribution in [2.75, 3.05) is 40.5 Å². The smallest absolute Gasteiger partial charge is 0.247 e. The van der Waals surface area contributed by atoms with E-state index in [1.165, 1.54) is 0 Å². The summed E-state index contributed by atoms with van der Waals surface area (Å²) in [5.41, 5.74) is 2.38. The van der Waals surface area contributed by atoms with E-state index in [0.29, 0.717) is 37.8 Å². The van der Waals surface area contributed by atoms with Gasteiger partial charge >= 0.3 is 0 Å². The van der Waals surface area contributed by atoms with Crippen LogP contribution >= 0.6 is 0 Å². The molecular formula is C21H23NO5. The Morgan fingerprint density at radius 3 is 2.26 bits per heavy atom. The monoisotopic (exact) mass is 369 g/mol. The maximum Gasteiger partial charge on any atom is 0.247 e. The maximum atomic E-state index is 12.8. The molecule has 0 radical (unpaired) electrons. The van der Waals surface area contributed by atoms with Crippen molar-refractivity contribution >= 4 is 11.5 Å². The molecule has 1 heterocycles. The lowest BCUT2D eigenvalue weighted by Crippen LogP contribution is -2.39. The van der Waals surface area contributed by atoms with E-state index in [-0.39, 0.29) is 11.7 Å². The molecule has 0 saturated carbocycles. The number of hydrogen-bond donors (Lipinski definition) is 1. The number of amides is 1. The van der Waals surface area contributed by atoms with Crippen LogP contribution in [0.5, 0.6) is 17.2 Å². The van der Waals surface area contributed by atoms with Gasteiger partial charge in [0.05, 0.1) is 27.4 Å². The fourth-order valence-electron chi connectivity index (χ4n) is 2.98. The first kappa shape index (κ1) is 18.8. The summed E-state index contributed by atoms with van der Waals surface area (Å²) >= 11 is 0. The minimum absolute atomic E-state index is 0.0730. The van der Waals surface area contributed by atoms with Crippen LogP contribution in [0.25, 0.3) is 5.57 Å². The molecule has 1 N–H and O–H groups in total. The van der Waals surface area contributed by atoms with Crippen molar-refractivity contribution in [1.82, 2.24) is 4.90 Å². The summed E-state index contributed by atoms with van der Waals surface area (Å²) in [5.74, 6) is 1.30. The van der Waals surface area contributed by atoms with E-state index in [2.05, 4.69) is 0 Å². The average molecular weight is 369 g/mol. The van der Waals surface area contributed by atoms with Gasteiger partial charge in [-0.15, -0.1) is 0 Å². The molecule has 0 spiro atoms. The number of nitrogens with zero attached hydrogens (tertiary/aromatic N) is 1. The highest BCUT2D eigenvalue weighted by Crippen LogP contribution is 2.33. The molecule has 2 aromatic carbocycles. The zero-order valence-electron chi connectivity index (χ0n) is 15.5. The van der Waals surface area contributed by atoms with Gasteiger partial charge in [0.1, 0.15) is 5.75 Å². The Hall–Kier alpha value is -2.99. The molecule has 0 aromatic heterocycles. The minimum Gasteiger partial charge on any atom is -0.508 e. The highest BCUT2D eigenvalue weighted by molar-refractivity contribution is 5.99. The predicted octanol–water partition coefficient (Wildman–Crippen LogP) is 2.70. The van der Waals surface area contributed by atoms with Crippen LogP contribution in [0.4, 0.5) is 0 Å². The number of morpholine rings is 1. The first-order chi connectivity index (χ1) is 13.1. The normalized spacial score (nSPS) is 14.7. The van der Waals surface area contributed by atoms with E-state index >= 15 is 0 Å². The highest BCUT2D eigenvalue weighted by atomic mass is 16.5. The molecule has 1 saturated heterocycles. The quantitative estimate of drug-likeness (QED) is 0.821. The van der Waals surface area contributed by atoms with Crippen LogP contribution in [-0.4, -0.2) is 56.4 Å². The Labute approximate surface area is 158 Å². The second-order valence-corrected chi connectivity index (χ2v) is 6.11. The Kier molecular flexibility index (Phi) is 5.98. The summed E-state index contributed by atoms with van der Waals surface area (Å²) in [7, 11) is 3.15. The average Bonchev–Trinajstić information content (AvgIpc) is 2.72. The number of methoxy groups -OCH3 is 2. The van der Waals surface area contributed by atoms with Gasteiger partial charge in [-0.25, -0.2) is 0 Å². The van der Waals surface area contributed by atoms with Gasteiger partial charge < -0.3 is 24.2 Å². The Morgan fingerprint density at radius 2 is 1.63 bits per heavy atom. The van der Waals surface area contributed by atoms with Gasteiger partial charge in [-0.05, 0) is 41.0 Å². The molecule has 1 fully saturated rings. The van der Waals surface area contributed by atoms with Crippen LogP contribution in [0.1, 0.15) is 11.1 Å². The molecule has 3 rings (SSSR count). The van der Waals surface area contributed by atoms with Crippen molar-refractivity contribution in [2.45, 2.75) is 0 Å². The lowest BCUT2D eigenvalue weighted by atomic mass is 9.96. The first-order valence-electron chi connectivity index (χ1n) is 8.72. The number of carbonyl (C=O) groups excluding carboxylic acids is 1. The van der Waals surface area contributed by atoms with Crippen LogP contribution in [0.2, 0.25) is 0 Å². The van der Waals surface area contributed by atoms with Crippen molar-refractivity contribution in [3.8, 4) is 17.2 Å². The van der Waals surface area contributed by atoms with E-state index in [9.17, 15) is 9.90 Å². The number of benzene rings is 2. The summed E-state index contributed by atoms with van der Waals surface area (Å²) < 4.78 is 16.0. The summed E-state index contributed by atoms with van der Waals surface area (Å²) in [5, 5.41) is 9.60. The predicted molar refractivity (Wildman–Crippen MR) is 102 cm³/mol. The summed E-state index contributed by atoms with van der Waals surface area (Å²) in [6, 6.07) is 12.3. The van der Waals surface area contributed by atoms with Crippen molar-refractivity contribution in [1.29, 1.82) is 0 Å². The number of aromatic hydroxyl groups is 1. The third-order valence-electron chi connectivity index (χ3n) is 4.46. The van der Waals surface area contributed by atoms with Crippen LogP contribution in [-0.2, 0) is 9.53 Å². The number of carbonyl (C=O) groups is 1. The summed E-state index contributed by atoms with van der Waals surface area (Å²) in [4.78, 5) is 14.6. The van der Waals surface area contributed by atoms with Crippen molar-refractivity contribution in [3.63, 3.8) is 0 Å². The Bertz CT molecular complexity index is 823. The first-order valence-corrected chi connectivity index (χ1v) is 8.72. The van der Waals surface area contributed by atoms with Crippen LogP contribution in [0.3, 0.4) is 0 Å². The van der Waals surface area contributed by atoms with E-state index in [1.54, 1.807) is 49.5 Å². The van der Waals surface area contributed by atoms with Gasteiger partial charge in [-0.1, -0.05) is 18.2 Å². The molecule has 0 atom stereocenters. The lowest BCUT2D eigenvalue weighted by Gasteiger charge is -2.26. The van der Waals surface area contributed by atoms with Crippen LogP contribution in [0.15, 0.2) is 48.5 Å². The molecule has 2 aromatic rings. The van der Waals surface area contributed by atoms with E-state index in [4.69, 9.17) is 14.2 Å². The number of ether oxygens (including phenoxy) is 3. The Morgan fingerprint density at radius 1 is 1.00 bits per heavy atom. The zero-order valence-corrected chi connectivity index (χ0v) is 15.5. The molecular weight excluding hydrogens is 346 g/mol. The molecule has 6 heteroatoms. The standard InChI is InChI=1S/C21H23NO5/c1-25-19-8-5-16(13-20(19)26-2)18(15-3-6-17(23)7-4-15)14-21(24)22-9-11-27-12-10-22/h3-8,13-14,23H,9-12H2,1-2H3/b18-14+. The van der Waals surface area contributed by atoms with E-state index < -0.39 is 0 Å². The molecule has 1 aliphatic heterocycles. The van der Waals surface area contributed by atoms with Gasteiger partial charge in [-0.2, -0.15) is 0 Å².